The van der Waals surface area contributed by atoms with E-state index >= 15 is 0 Å². The Bertz CT molecular complexity index is 1010. The number of rotatable bonds is 4. The van der Waals surface area contributed by atoms with Crippen molar-refractivity contribution < 1.29 is 22.0 Å². The van der Waals surface area contributed by atoms with Crippen LogP contribution in [0.1, 0.15) is 28.8 Å². The number of halogens is 3. The molecule has 5 nitrogen and oxygen atoms in total. The fourth-order valence-corrected chi connectivity index (χ4v) is 5.22. The summed E-state index contributed by atoms with van der Waals surface area (Å²) in [5.41, 5.74) is 0.0443. The van der Waals surface area contributed by atoms with Crippen LogP contribution in [0.4, 0.5) is 8.78 Å². The number of nitrogens with zero attached hydrogens (tertiary/aromatic N) is 1. The van der Waals surface area contributed by atoms with Crippen LogP contribution >= 0.6 is 11.6 Å². The Balaban J connectivity index is 1.78. The molecule has 0 aromatic heterocycles. The molecule has 1 aliphatic heterocycles. The first-order valence-corrected chi connectivity index (χ1v) is 10.5. The van der Waals surface area contributed by atoms with Crippen molar-refractivity contribution >= 4 is 27.5 Å². The molecule has 2 aromatic rings. The van der Waals surface area contributed by atoms with E-state index in [1.165, 1.54) is 10.4 Å². The minimum absolute atomic E-state index is 0.0387. The first-order valence-electron chi connectivity index (χ1n) is 8.71. The zero-order chi connectivity index (χ0) is 20.5. The number of nitrogens with one attached hydrogen (secondary N) is 1. The standard InChI is InChI=1S/C19H19ClF2N2O3S/c1-12-16(20)5-2-6-18(12)28(26,27)24-9-3-4-14(11-24)23-19(25)15-10-13(21)7-8-17(15)22/h2,5-8,10,14H,3-4,9,11H2,1H3,(H,23,25)/t14-/m0/s1. The normalized spacial score (nSPS) is 18.1. The number of carbonyl (C=O) groups is 1. The fourth-order valence-electron chi connectivity index (χ4n) is 3.22. The van der Waals surface area contributed by atoms with E-state index in [2.05, 4.69) is 5.32 Å². The lowest BCUT2D eigenvalue weighted by atomic mass is 10.1. The second kappa shape index (κ2) is 8.14. The molecule has 28 heavy (non-hydrogen) atoms. The summed E-state index contributed by atoms with van der Waals surface area (Å²) < 4.78 is 54.4. The van der Waals surface area contributed by atoms with Crippen LogP contribution in [0.2, 0.25) is 5.02 Å². The van der Waals surface area contributed by atoms with Gasteiger partial charge >= 0.3 is 0 Å². The van der Waals surface area contributed by atoms with Crippen molar-refractivity contribution in [1.29, 1.82) is 0 Å². The van der Waals surface area contributed by atoms with E-state index in [4.69, 9.17) is 11.6 Å². The minimum Gasteiger partial charge on any atom is -0.348 e. The van der Waals surface area contributed by atoms with Gasteiger partial charge in [-0.05, 0) is 55.7 Å². The van der Waals surface area contributed by atoms with Crippen molar-refractivity contribution in [3.63, 3.8) is 0 Å². The van der Waals surface area contributed by atoms with Gasteiger partial charge in [-0.3, -0.25) is 4.79 Å². The molecule has 1 aliphatic rings. The van der Waals surface area contributed by atoms with E-state index in [0.717, 1.165) is 18.2 Å². The molecule has 0 bridgehead atoms. The molecule has 1 amide bonds. The first-order chi connectivity index (χ1) is 13.2. The third-order valence-electron chi connectivity index (χ3n) is 4.73. The Morgan fingerprint density at radius 1 is 1.25 bits per heavy atom. The van der Waals surface area contributed by atoms with Gasteiger partial charge in [0, 0.05) is 24.2 Å². The van der Waals surface area contributed by atoms with Gasteiger partial charge in [0.25, 0.3) is 5.91 Å². The smallest absolute Gasteiger partial charge is 0.254 e. The second-order valence-corrected chi connectivity index (χ2v) is 8.98. The van der Waals surface area contributed by atoms with Gasteiger partial charge in [0.1, 0.15) is 11.6 Å². The number of amides is 1. The Kier molecular flexibility index (Phi) is 6.02. The van der Waals surface area contributed by atoms with Gasteiger partial charge in [-0.2, -0.15) is 4.31 Å². The molecule has 1 heterocycles. The van der Waals surface area contributed by atoms with Crippen molar-refractivity contribution in [2.75, 3.05) is 13.1 Å². The maximum Gasteiger partial charge on any atom is 0.254 e. The lowest BCUT2D eigenvalue weighted by Gasteiger charge is -2.32. The largest absolute Gasteiger partial charge is 0.348 e. The van der Waals surface area contributed by atoms with E-state index in [-0.39, 0.29) is 11.4 Å². The molecule has 0 aliphatic carbocycles. The molecule has 0 radical (unpaired) electrons. The van der Waals surface area contributed by atoms with Gasteiger partial charge in [0.2, 0.25) is 10.0 Å². The van der Waals surface area contributed by atoms with Crippen LogP contribution < -0.4 is 5.32 Å². The molecule has 2 aromatic carbocycles. The van der Waals surface area contributed by atoms with E-state index in [9.17, 15) is 22.0 Å². The highest BCUT2D eigenvalue weighted by Crippen LogP contribution is 2.27. The molecule has 1 atom stereocenters. The molecule has 1 fully saturated rings. The molecule has 1 saturated heterocycles. The lowest BCUT2D eigenvalue weighted by molar-refractivity contribution is 0.0916. The number of hydrogen-bond acceptors (Lipinski definition) is 3. The van der Waals surface area contributed by atoms with Gasteiger partial charge in [0.05, 0.1) is 10.5 Å². The molecule has 150 valence electrons. The topological polar surface area (TPSA) is 66.5 Å². The van der Waals surface area contributed by atoms with Crippen molar-refractivity contribution in [3.8, 4) is 0 Å². The highest BCUT2D eigenvalue weighted by molar-refractivity contribution is 7.89. The second-order valence-electron chi connectivity index (χ2n) is 6.66. The zero-order valence-electron chi connectivity index (χ0n) is 15.1. The van der Waals surface area contributed by atoms with Crippen LogP contribution in [0.3, 0.4) is 0 Å². The fraction of sp³-hybridized carbons (Fsp3) is 0.316. The maximum absolute atomic E-state index is 13.8. The van der Waals surface area contributed by atoms with E-state index in [0.29, 0.717) is 30.0 Å². The lowest BCUT2D eigenvalue weighted by Crippen LogP contribution is -2.49. The Morgan fingerprint density at radius 2 is 2.00 bits per heavy atom. The molecule has 0 saturated carbocycles. The van der Waals surface area contributed by atoms with E-state index in [1.54, 1.807) is 19.1 Å². The summed E-state index contributed by atoms with van der Waals surface area (Å²) in [4.78, 5) is 12.4. The van der Waals surface area contributed by atoms with Crippen molar-refractivity contribution in [1.82, 2.24) is 9.62 Å². The summed E-state index contributed by atoms with van der Waals surface area (Å²) in [5.74, 6) is -2.34. The third kappa shape index (κ3) is 4.19. The predicted molar refractivity (Wildman–Crippen MR) is 102 cm³/mol. The number of sulfonamides is 1. The molecule has 0 unspecified atom stereocenters. The van der Waals surface area contributed by atoms with Crippen molar-refractivity contribution in [2.24, 2.45) is 0 Å². The van der Waals surface area contributed by atoms with Crippen LogP contribution in [0.25, 0.3) is 0 Å². The maximum atomic E-state index is 13.8. The van der Waals surface area contributed by atoms with Crippen LogP contribution in [0.15, 0.2) is 41.3 Å². The molecule has 1 N–H and O–H groups in total. The number of benzene rings is 2. The van der Waals surface area contributed by atoms with Crippen LogP contribution in [0.5, 0.6) is 0 Å². The molecule has 3 rings (SSSR count). The monoisotopic (exact) mass is 428 g/mol. The summed E-state index contributed by atoms with van der Waals surface area (Å²) in [5, 5.41) is 2.96. The van der Waals surface area contributed by atoms with Crippen LogP contribution in [-0.2, 0) is 10.0 Å². The van der Waals surface area contributed by atoms with Gasteiger partial charge in [-0.15, -0.1) is 0 Å². The van der Waals surface area contributed by atoms with Gasteiger partial charge in [-0.25, -0.2) is 17.2 Å². The number of piperidine rings is 1. The third-order valence-corrected chi connectivity index (χ3v) is 7.15. The average Bonchev–Trinajstić information content (AvgIpc) is 2.66. The SMILES string of the molecule is Cc1c(Cl)cccc1S(=O)(=O)N1CCC[C@H](NC(=O)c2cc(F)ccc2F)C1. The van der Waals surface area contributed by atoms with E-state index < -0.39 is 39.2 Å². The Hall–Kier alpha value is -2.03. The minimum atomic E-state index is -3.80. The zero-order valence-corrected chi connectivity index (χ0v) is 16.7. The highest BCUT2D eigenvalue weighted by Gasteiger charge is 2.32. The first kappa shape index (κ1) is 20.7. The summed E-state index contributed by atoms with van der Waals surface area (Å²) >= 11 is 6.05. The molecular formula is C19H19ClF2N2O3S. The van der Waals surface area contributed by atoms with Crippen LogP contribution in [-0.4, -0.2) is 37.8 Å². The van der Waals surface area contributed by atoms with Crippen molar-refractivity contribution in [3.05, 3.63) is 64.2 Å². The van der Waals surface area contributed by atoms with Gasteiger partial charge in [-0.1, -0.05) is 17.7 Å². The van der Waals surface area contributed by atoms with Gasteiger partial charge in [0.15, 0.2) is 0 Å². The summed E-state index contributed by atoms with van der Waals surface area (Å²) in [6.45, 7) is 1.97. The number of hydrogen-bond donors (Lipinski definition) is 1. The van der Waals surface area contributed by atoms with Crippen LogP contribution in [0, 0.1) is 18.6 Å². The Morgan fingerprint density at radius 3 is 2.75 bits per heavy atom. The highest BCUT2D eigenvalue weighted by atomic mass is 35.5. The summed E-state index contributed by atoms with van der Waals surface area (Å²) in [6, 6.07) is 6.77. The van der Waals surface area contributed by atoms with Crippen molar-refractivity contribution in [2.45, 2.75) is 30.7 Å². The quantitative estimate of drug-likeness (QED) is 0.810. The Labute approximate surface area is 167 Å². The molecular weight excluding hydrogens is 410 g/mol. The van der Waals surface area contributed by atoms with E-state index in [1.807, 2.05) is 0 Å². The average molecular weight is 429 g/mol. The molecule has 0 spiro atoms. The molecule has 9 heteroatoms. The van der Waals surface area contributed by atoms with Gasteiger partial charge < -0.3 is 5.32 Å². The summed E-state index contributed by atoms with van der Waals surface area (Å²) in [7, 11) is -3.80. The summed E-state index contributed by atoms with van der Waals surface area (Å²) in [6.07, 6.45) is 1.05. The number of carbonyl (C=O) groups excluding carboxylic acids is 1. The predicted octanol–water partition coefficient (Wildman–Crippen LogP) is 3.51.